The normalized spacial score (nSPS) is 10.5. The molecule has 0 saturated heterocycles. The molecule has 0 aliphatic heterocycles. The number of fused-ring (bicyclic) bond motifs is 1. The fraction of sp³-hybridized carbons (Fsp3) is 0.182. The zero-order valence-corrected chi connectivity index (χ0v) is 10.7. The highest BCUT2D eigenvalue weighted by atomic mass is 35.5. The highest BCUT2D eigenvalue weighted by Gasteiger charge is 2.17. The maximum absolute atomic E-state index is 10.9. The topological polar surface area (TPSA) is 55.8 Å². The van der Waals surface area contributed by atoms with Crippen LogP contribution >= 0.6 is 22.9 Å². The smallest absolute Gasteiger partial charge is 0.345 e. The number of benzene rings is 1. The molecule has 1 heterocycles. The number of aromatic carboxylic acids is 1. The van der Waals surface area contributed by atoms with Crippen molar-refractivity contribution in [3.8, 4) is 11.5 Å². The van der Waals surface area contributed by atoms with Crippen molar-refractivity contribution in [1.82, 2.24) is 0 Å². The standard InChI is InChI=1S/C11H9ClO4S/c1-15-6-4-7-5(9(12)10(6)16-2)3-8(17-7)11(13)14/h3-4H,1-2H3,(H,13,14). The largest absolute Gasteiger partial charge is 0.493 e. The van der Waals surface area contributed by atoms with E-state index in [2.05, 4.69) is 0 Å². The molecule has 1 aromatic carbocycles. The van der Waals surface area contributed by atoms with Gasteiger partial charge in [-0.15, -0.1) is 11.3 Å². The van der Waals surface area contributed by atoms with E-state index in [0.29, 0.717) is 21.9 Å². The van der Waals surface area contributed by atoms with Crippen molar-refractivity contribution in [3.63, 3.8) is 0 Å². The molecule has 0 atom stereocenters. The molecule has 0 spiro atoms. The Morgan fingerprint density at radius 3 is 2.59 bits per heavy atom. The summed E-state index contributed by atoms with van der Waals surface area (Å²) in [6.07, 6.45) is 0. The van der Waals surface area contributed by atoms with Gasteiger partial charge in [-0.25, -0.2) is 4.79 Å². The second kappa shape index (κ2) is 4.43. The molecule has 0 aliphatic rings. The Labute approximate surface area is 106 Å². The molecule has 1 aromatic heterocycles. The Bertz CT molecular complexity index is 591. The van der Waals surface area contributed by atoms with Crippen molar-refractivity contribution in [1.29, 1.82) is 0 Å². The molecule has 0 aliphatic carbocycles. The van der Waals surface area contributed by atoms with E-state index < -0.39 is 5.97 Å². The Hall–Kier alpha value is -1.46. The van der Waals surface area contributed by atoms with Gasteiger partial charge in [0, 0.05) is 16.2 Å². The van der Waals surface area contributed by atoms with Crippen LogP contribution in [-0.2, 0) is 0 Å². The SMILES string of the molecule is COc1cc2sc(C(=O)O)cc2c(Cl)c1OC. The molecule has 0 fully saturated rings. The van der Waals surface area contributed by atoms with E-state index in [4.69, 9.17) is 26.2 Å². The number of hydrogen-bond donors (Lipinski definition) is 1. The summed E-state index contributed by atoms with van der Waals surface area (Å²) < 4.78 is 11.0. The van der Waals surface area contributed by atoms with E-state index in [1.807, 2.05) is 0 Å². The predicted molar refractivity (Wildman–Crippen MR) is 66.9 cm³/mol. The molecule has 0 saturated carbocycles. The van der Waals surface area contributed by atoms with Crippen molar-refractivity contribution in [2.75, 3.05) is 14.2 Å². The van der Waals surface area contributed by atoms with E-state index >= 15 is 0 Å². The number of halogens is 1. The number of methoxy groups -OCH3 is 2. The van der Waals surface area contributed by atoms with E-state index in [-0.39, 0.29) is 4.88 Å². The van der Waals surface area contributed by atoms with Gasteiger partial charge in [0.2, 0.25) is 0 Å². The number of rotatable bonds is 3. The lowest BCUT2D eigenvalue weighted by atomic mass is 10.2. The molecule has 0 bridgehead atoms. The first-order chi connectivity index (χ1) is 8.08. The molecule has 6 heteroatoms. The summed E-state index contributed by atoms with van der Waals surface area (Å²) in [5.74, 6) is -0.0691. The molecule has 90 valence electrons. The van der Waals surface area contributed by atoms with Gasteiger partial charge in [0.15, 0.2) is 11.5 Å². The molecular weight excluding hydrogens is 264 g/mol. The molecule has 17 heavy (non-hydrogen) atoms. The lowest BCUT2D eigenvalue weighted by Crippen LogP contribution is -1.91. The first-order valence-electron chi connectivity index (χ1n) is 4.65. The third-order valence-electron chi connectivity index (χ3n) is 2.32. The average molecular weight is 273 g/mol. The average Bonchev–Trinajstić information content (AvgIpc) is 2.73. The second-order valence-electron chi connectivity index (χ2n) is 3.25. The molecule has 2 rings (SSSR count). The van der Waals surface area contributed by atoms with Gasteiger partial charge < -0.3 is 14.6 Å². The van der Waals surface area contributed by atoms with Crippen LogP contribution < -0.4 is 9.47 Å². The van der Waals surface area contributed by atoms with E-state index in [1.165, 1.54) is 20.3 Å². The third-order valence-corrected chi connectivity index (χ3v) is 3.76. The summed E-state index contributed by atoms with van der Waals surface area (Å²) >= 11 is 7.30. The maximum atomic E-state index is 10.9. The number of carboxylic acids is 1. The van der Waals surface area contributed by atoms with Gasteiger partial charge in [0.1, 0.15) is 4.88 Å². The van der Waals surface area contributed by atoms with Crippen LogP contribution in [0.2, 0.25) is 5.02 Å². The molecule has 1 N–H and O–H groups in total. The fourth-order valence-corrected chi connectivity index (χ4v) is 2.87. The minimum Gasteiger partial charge on any atom is -0.493 e. The number of thiophene rings is 1. The third kappa shape index (κ3) is 1.92. The van der Waals surface area contributed by atoms with Crippen LogP contribution in [0.25, 0.3) is 10.1 Å². The minimum absolute atomic E-state index is 0.234. The number of carbonyl (C=O) groups is 1. The minimum atomic E-state index is -0.972. The van der Waals surface area contributed by atoms with Crippen molar-refractivity contribution in [2.45, 2.75) is 0 Å². The summed E-state index contributed by atoms with van der Waals surface area (Å²) in [7, 11) is 2.99. The van der Waals surface area contributed by atoms with Crippen LogP contribution in [0.1, 0.15) is 9.67 Å². The van der Waals surface area contributed by atoms with Gasteiger partial charge >= 0.3 is 5.97 Å². The quantitative estimate of drug-likeness (QED) is 0.932. The molecule has 0 unspecified atom stereocenters. The maximum Gasteiger partial charge on any atom is 0.345 e. The molecule has 0 radical (unpaired) electrons. The van der Waals surface area contributed by atoms with Crippen molar-refractivity contribution >= 4 is 39.0 Å². The summed E-state index contributed by atoms with van der Waals surface area (Å²) in [6, 6.07) is 3.25. The van der Waals surface area contributed by atoms with Gasteiger partial charge in [-0.1, -0.05) is 11.6 Å². The predicted octanol–water partition coefficient (Wildman–Crippen LogP) is 3.27. The lowest BCUT2D eigenvalue weighted by Gasteiger charge is -2.09. The first kappa shape index (κ1) is 12.0. The molecule has 2 aromatic rings. The van der Waals surface area contributed by atoms with Crippen molar-refractivity contribution in [3.05, 3.63) is 22.0 Å². The van der Waals surface area contributed by atoms with E-state index in [9.17, 15) is 4.79 Å². The molecule has 0 amide bonds. The van der Waals surface area contributed by atoms with Crippen LogP contribution in [0, 0.1) is 0 Å². The second-order valence-corrected chi connectivity index (χ2v) is 4.72. The lowest BCUT2D eigenvalue weighted by molar-refractivity contribution is 0.0702. The summed E-state index contributed by atoms with van der Waals surface area (Å²) in [4.78, 5) is 11.1. The van der Waals surface area contributed by atoms with Crippen molar-refractivity contribution in [2.24, 2.45) is 0 Å². The van der Waals surface area contributed by atoms with Gasteiger partial charge in [0.25, 0.3) is 0 Å². The first-order valence-corrected chi connectivity index (χ1v) is 5.85. The van der Waals surface area contributed by atoms with Crippen LogP contribution in [0.3, 0.4) is 0 Å². The van der Waals surface area contributed by atoms with Crippen LogP contribution in [0.4, 0.5) is 0 Å². The Kier molecular flexibility index (Phi) is 3.13. The number of hydrogen-bond acceptors (Lipinski definition) is 4. The summed E-state index contributed by atoms with van der Waals surface area (Å²) in [6.45, 7) is 0. The van der Waals surface area contributed by atoms with E-state index in [0.717, 1.165) is 16.0 Å². The highest BCUT2D eigenvalue weighted by molar-refractivity contribution is 7.20. The molecular formula is C11H9ClO4S. The monoisotopic (exact) mass is 272 g/mol. The van der Waals surface area contributed by atoms with Crippen LogP contribution in [0.15, 0.2) is 12.1 Å². The summed E-state index contributed by atoms with van der Waals surface area (Å²) in [5, 5.41) is 9.96. The Morgan fingerprint density at radius 1 is 1.35 bits per heavy atom. The van der Waals surface area contributed by atoms with Gasteiger partial charge in [-0.2, -0.15) is 0 Å². The van der Waals surface area contributed by atoms with Crippen molar-refractivity contribution < 1.29 is 19.4 Å². The highest BCUT2D eigenvalue weighted by Crippen LogP contribution is 2.43. The Balaban J connectivity index is 2.76. The number of carboxylic acid groups (broad SMARTS) is 1. The zero-order chi connectivity index (χ0) is 12.6. The fourth-order valence-electron chi connectivity index (χ4n) is 1.55. The zero-order valence-electron chi connectivity index (χ0n) is 9.11. The summed E-state index contributed by atoms with van der Waals surface area (Å²) in [5.41, 5.74) is 0. The molecule has 4 nitrogen and oxygen atoms in total. The van der Waals surface area contributed by atoms with Crippen LogP contribution in [-0.4, -0.2) is 25.3 Å². The Morgan fingerprint density at radius 2 is 2.06 bits per heavy atom. The van der Waals surface area contributed by atoms with E-state index in [1.54, 1.807) is 6.07 Å². The number of ether oxygens (including phenoxy) is 2. The van der Waals surface area contributed by atoms with Crippen LogP contribution in [0.5, 0.6) is 11.5 Å². The van der Waals surface area contributed by atoms with Gasteiger partial charge in [-0.05, 0) is 6.07 Å². The van der Waals surface area contributed by atoms with Gasteiger partial charge in [0.05, 0.1) is 19.2 Å². The van der Waals surface area contributed by atoms with Gasteiger partial charge in [-0.3, -0.25) is 0 Å².